The quantitative estimate of drug-likeness (QED) is 0.396. The highest BCUT2D eigenvalue weighted by Crippen LogP contribution is 2.45. The molecule has 3 aliphatic rings. The molecule has 3 unspecified atom stereocenters. The van der Waals surface area contributed by atoms with E-state index in [2.05, 4.69) is 20.6 Å². The summed E-state index contributed by atoms with van der Waals surface area (Å²) >= 11 is 1.61. The Balaban J connectivity index is 1.34. The number of pyridine rings is 1. The highest BCUT2D eigenvalue weighted by Gasteiger charge is 2.45. The topological polar surface area (TPSA) is 92.7 Å². The average molecular weight is 533 g/mol. The van der Waals surface area contributed by atoms with Crippen LogP contribution in [-0.2, 0) is 10.8 Å². The van der Waals surface area contributed by atoms with Gasteiger partial charge in [-0.1, -0.05) is 0 Å². The average Bonchev–Trinajstić information content (AvgIpc) is 3.39. The van der Waals surface area contributed by atoms with Gasteiger partial charge in [0.1, 0.15) is 16.3 Å². The Labute approximate surface area is 215 Å². The lowest BCUT2D eigenvalue weighted by Gasteiger charge is -2.35. The maximum Gasteiger partial charge on any atom is 0.252 e. The summed E-state index contributed by atoms with van der Waals surface area (Å²) in [6.07, 6.45) is 8.44. The number of nitrogens with zero attached hydrogens (tertiary/aromatic N) is 4. The molecule has 0 bridgehead atoms. The van der Waals surface area contributed by atoms with Gasteiger partial charge in [-0.2, -0.15) is 4.98 Å². The zero-order valence-electron chi connectivity index (χ0n) is 20.4. The zero-order chi connectivity index (χ0) is 25.0. The van der Waals surface area contributed by atoms with E-state index in [0.29, 0.717) is 29.4 Å². The molecule has 0 aliphatic heterocycles. The van der Waals surface area contributed by atoms with Gasteiger partial charge in [0.15, 0.2) is 0 Å². The van der Waals surface area contributed by atoms with Gasteiger partial charge in [0.2, 0.25) is 5.95 Å². The molecule has 3 saturated carbocycles. The molecule has 0 radical (unpaired) electrons. The van der Waals surface area contributed by atoms with E-state index >= 15 is 0 Å². The Morgan fingerprint density at radius 3 is 2.64 bits per heavy atom. The van der Waals surface area contributed by atoms with Crippen molar-refractivity contribution in [2.45, 2.75) is 75.8 Å². The molecule has 3 aromatic rings. The molecule has 7 nitrogen and oxygen atoms in total. The van der Waals surface area contributed by atoms with Gasteiger partial charge in [-0.15, -0.1) is 11.3 Å². The van der Waals surface area contributed by atoms with Crippen molar-refractivity contribution in [3.8, 4) is 10.6 Å². The van der Waals surface area contributed by atoms with Gasteiger partial charge in [-0.25, -0.2) is 18.7 Å². The minimum Gasteiger partial charge on any atom is -0.367 e. The maximum absolute atomic E-state index is 13.4. The van der Waals surface area contributed by atoms with Crippen LogP contribution >= 0.6 is 11.3 Å². The van der Waals surface area contributed by atoms with Crippen LogP contribution in [0.5, 0.6) is 0 Å². The van der Waals surface area contributed by atoms with Crippen molar-refractivity contribution >= 4 is 44.1 Å². The molecule has 2 N–H and O–H groups in total. The van der Waals surface area contributed by atoms with Crippen LogP contribution in [0.4, 0.5) is 20.5 Å². The van der Waals surface area contributed by atoms with Gasteiger partial charge in [-0.3, -0.25) is 9.19 Å². The van der Waals surface area contributed by atoms with E-state index in [1.54, 1.807) is 17.6 Å². The number of thiazole rings is 1. The van der Waals surface area contributed by atoms with Gasteiger partial charge in [0.05, 0.1) is 21.7 Å². The molecule has 3 fully saturated rings. The van der Waals surface area contributed by atoms with E-state index in [9.17, 15) is 13.0 Å². The van der Waals surface area contributed by atoms with Crippen LogP contribution in [0.25, 0.3) is 20.8 Å². The smallest absolute Gasteiger partial charge is 0.252 e. The number of nitrogens with one attached hydrogen (secondary N) is 2. The van der Waals surface area contributed by atoms with E-state index in [1.807, 2.05) is 19.2 Å². The third-order valence-corrected chi connectivity index (χ3v) is 9.36. The van der Waals surface area contributed by atoms with Gasteiger partial charge in [0.25, 0.3) is 5.92 Å². The summed E-state index contributed by atoms with van der Waals surface area (Å²) in [7, 11) is -0.815. The SMILES string of the molecule is Cc1nc(NC2CC(F)(F)C2)nc(NC2CCC(CS(C)=O)C2)c1-c1nc2c(C3CC3)nccc2s1. The molecule has 0 spiro atoms. The molecule has 0 aromatic carbocycles. The molecule has 3 atom stereocenters. The first-order valence-corrected chi connectivity index (χ1v) is 15.1. The normalized spacial score (nSPS) is 24.6. The van der Waals surface area contributed by atoms with E-state index in [1.165, 1.54) is 0 Å². The summed E-state index contributed by atoms with van der Waals surface area (Å²) in [5.41, 5.74) is 3.63. The van der Waals surface area contributed by atoms with Crippen LogP contribution in [-0.4, -0.2) is 54.2 Å². The maximum atomic E-state index is 13.4. The van der Waals surface area contributed by atoms with Crippen LogP contribution in [0.1, 0.15) is 62.3 Å². The van der Waals surface area contributed by atoms with E-state index in [0.717, 1.165) is 64.3 Å². The monoisotopic (exact) mass is 532 g/mol. The van der Waals surface area contributed by atoms with Crippen molar-refractivity contribution in [1.29, 1.82) is 0 Å². The lowest BCUT2D eigenvalue weighted by atomic mass is 9.88. The molecule has 36 heavy (non-hydrogen) atoms. The molecule has 0 saturated heterocycles. The Hall–Kier alpha value is -2.27. The number of aromatic nitrogens is 4. The number of hydrogen-bond donors (Lipinski definition) is 2. The summed E-state index contributed by atoms with van der Waals surface area (Å²) in [4.78, 5) is 19.1. The minimum atomic E-state index is -2.61. The van der Waals surface area contributed by atoms with Crippen molar-refractivity contribution < 1.29 is 13.0 Å². The largest absolute Gasteiger partial charge is 0.367 e. The first kappa shape index (κ1) is 24.1. The second-order valence-electron chi connectivity index (χ2n) is 10.6. The molecule has 11 heteroatoms. The number of alkyl halides is 2. The fourth-order valence-corrected chi connectivity index (χ4v) is 7.50. The lowest BCUT2D eigenvalue weighted by Crippen LogP contribution is -2.44. The fraction of sp³-hybridized carbons (Fsp3) is 0.600. The van der Waals surface area contributed by atoms with Gasteiger partial charge < -0.3 is 10.6 Å². The summed E-state index contributed by atoms with van der Waals surface area (Å²) in [5, 5.41) is 7.57. The zero-order valence-corrected chi connectivity index (χ0v) is 22.0. The summed E-state index contributed by atoms with van der Waals surface area (Å²) in [6, 6.07) is 1.87. The summed E-state index contributed by atoms with van der Waals surface area (Å²) in [6.45, 7) is 1.92. The number of aryl methyl sites for hydroxylation is 1. The molecule has 0 amide bonds. The molecule has 192 valence electrons. The molecule has 3 aliphatic carbocycles. The first-order chi connectivity index (χ1) is 17.2. The van der Waals surface area contributed by atoms with Crippen molar-refractivity contribution in [3.63, 3.8) is 0 Å². The van der Waals surface area contributed by atoms with E-state index < -0.39 is 16.7 Å². The third kappa shape index (κ3) is 4.96. The van der Waals surface area contributed by atoms with Crippen LogP contribution in [0.2, 0.25) is 0 Å². The number of halogens is 2. The van der Waals surface area contributed by atoms with Gasteiger partial charge in [-0.05, 0) is 51.0 Å². The molecule has 3 aromatic heterocycles. The molecular formula is C25H30F2N6OS2. The lowest BCUT2D eigenvalue weighted by molar-refractivity contribution is -0.0794. The Kier molecular flexibility index (Phi) is 6.18. The minimum absolute atomic E-state index is 0.200. The summed E-state index contributed by atoms with van der Waals surface area (Å²) in [5.74, 6) is 0.0599. The second kappa shape index (κ2) is 9.24. The number of rotatable bonds is 8. The third-order valence-electron chi connectivity index (χ3n) is 7.38. The molecular weight excluding hydrogens is 502 g/mol. The Morgan fingerprint density at radius 1 is 1.11 bits per heavy atom. The predicted octanol–water partition coefficient (Wildman–Crippen LogP) is 5.50. The summed E-state index contributed by atoms with van der Waals surface area (Å²) < 4.78 is 39.6. The van der Waals surface area contributed by atoms with Crippen LogP contribution in [0.15, 0.2) is 12.3 Å². The second-order valence-corrected chi connectivity index (χ2v) is 13.1. The van der Waals surface area contributed by atoms with Crippen LogP contribution in [0.3, 0.4) is 0 Å². The predicted molar refractivity (Wildman–Crippen MR) is 140 cm³/mol. The van der Waals surface area contributed by atoms with Crippen LogP contribution in [0, 0.1) is 12.8 Å². The highest BCUT2D eigenvalue weighted by atomic mass is 32.2. The Morgan fingerprint density at radius 2 is 1.92 bits per heavy atom. The Bertz CT molecular complexity index is 1320. The van der Waals surface area contributed by atoms with Crippen molar-refractivity contribution in [1.82, 2.24) is 19.9 Å². The first-order valence-electron chi connectivity index (χ1n) is 12.6. The highest BCUT2D eigenvalue weighted by molar-refractivity contribution is 7.84. The standard InChI is InChI=1S/C25H30F2N6OS2/c1-13-19(23-32-21-18(35-23)7-8-28-20(21)15-4-5-15)22(30-16-6-3-14(9-16)12-36(2)34)33-24(29-13)31-17-10-25(26,27)11-17/h7-8,14-17H,3-6,9-12H2,1-2H3,(H2,29,30,31,33). The fourth-order valence-electron chi connectivity index (χ4n) is 5.46. The van der Waals surface area contributed by atoms with Crippen molar-refractivity contribution in [3.05, 3.63) is 23.7 Å². The molecule has 3 heterocycles. The van der Waals surface area contributed by atoms with E-state index in [-0.39, 0.29) is 24.9 Å². The van der Waals surface area contributed by atoms with E-state index in [4.69, 9.17) is 9.97 Å². The van der Waals surface area contributed by atoms with Gasteiger partial charge in [0, 0.05) is 59.8 Å². The van der Waals surface area contributed by atoms with Crippen LogP contribution < -0.4 is 10.6 Å². The van der Waals surface area contributed by atoms with Crippen molar-refractivity contribution in [2.75, 3.05) is 22.6 Å². The molecule has 6 rings (SSSR count). The number of anilines is 2. The van der Waals surface area contributed by atoms with Gasteiger partial charge >= 0.3 is 0 Å². The van der Waals surface area contributed by atoms with Crippen molar-refractivity contribution in [2.24, 2.45) is 5.92 Å². The number of fused-ring (bicyclic) bond motifs is 1. The number of hydrogen-bond acceptors (Lipinski definition) is 8.